The lowest BCUT2D eigenvalue weighted by Crippen LogP contribution is -2.15. The fourth-order valence-electron chi connectivity index (χ4n) is 3.22. The van der Waals surface area contributed by atoms with Gasteiger partial charge in [0.25, 0.3) is 0 Å². The van der Waals surface area contributed by atoms with E-state index in [1.54, 1.807) is 30.7 Å². The van der Waals surface area contributed by atoms with Crippen molar-refractivity contribution in [3.05, 3.63) is 71.7 Å². The van der Waals surface area contributed by atoms with Crippen LogP contribution in [-0.2, 0) is 16.0 Å². The average Bonchev–Trinajstić information content (AvgIpc) is 3.32. The number of ether oxygens (including phenoxy) is 1. The number of carbonyl (C=O) groups excluding carboxylic acids is 2. The van der Waals surface area contributed by atoms with E-state index < -0.39 is 5.97 Å². The topological polar surface area (TPSA) is 99.2 Å². The van der Waals surface area contributed by atoms with Gasteiger partial charge in [-0.2, -0.15) is 5.10 Å². The molecular weight excluding hydrogens is 384 g/mol. The number of carbonyl (C=O) groups is 2. The summed E-state index contributed by atoms with van der Waals surface area (Å²) in [6.07, 6.45) is 1.57. The maximum absolute atomic E-state index is 12.5. The van der Waals surface area contributed by atoms with E-state index in [0.29, 0.717) is 40.5 Å². The number of fused-ring (bicyclic) bond motifs is 1. The number of aromatic nitrogens is 3. The number of amides is 1. The van der Waals surface area contributed by atoms with Crippen molar-refractivity contribution in [2.24, 2.45) is 0 Å². The number of hydrogen-bond acceptors (Lipinski definition) is 6. The van der Waals surface area contributed by atoms with E-state index in [1.807, 2.05) is 36.4 Å². The number of para-hydroxylation sites is 1. The Balaban J connectivity index is 1.51. The Labute approximate surface area is 172 Å². The summed E-state index contributed by atoms with van der Waals surface area (Å²) in [4.78, 5) is 24.5. The summed E-state index contributed by atoms with van der Waals surface area (Å²) in [5.41, 5.74) is 3.62. The van der Waals surface area contributed by atoms with E-state index in [2.05, 4.69) is 15.6 Å². The molecule has 4 rings (SSSR count). The Hall–Kier alpha value is -3.94. The number of benzene rings is 2. The molecule has 0 aliphatic rings. The molecule has 0 bridgehead atoms. The van der Waals surface area contributed by atoms with Crippen molar-refractivity contribution in [2.75, 3.05) is 11.9 Å². The van der Waals surface area contributed by atoms with E-state index in [0.717, 1.165) is 5.39 Å². The van der Waals surface area contributed by atoms with Crippen LogP contribution in [0.4, 0.5) is 5.69 Å². The summed E-state index contributed by atoms with van der Waals surface area (Å²) >= 11 is 0. The van der Waals surface area contributed by atoms with Gasteiger partial charge in [-0.1, -0.05) is 23.4 Å². The van der Waals surface area contributed by atoms with Crippen molar-refractivity contribution in [2.45, 2.75) is 20.3 Å². The van der Waals surface area contributed by atoms with Crippen molar-refractivity contribution in [1.82, 2.24) is 14.9 Å². The van der Waals surface area contributed by atoms with E-state index in [1.165, 1.54) is 6.20 Å². The van der Waals surface area contributed by atoms with Gasteiger partial charge in [-0.15, -0.1) is 0 Å². The smallest absolute Gasteiger partial charge is 0.341 e. The minimum absolute atomic E-state index is 0.0923. The first-order valence-electron chi connectivity index (χ1n) is 9.52. The van der Waals surface area contributed by atoms with Crippen LogP contribution < -0.4 is 5.32 Å². The second-order valence-electron chi connectivity index (χ2n) is 6.68. The highest BCUT2D eigenvalue weighted by molar-refractivity contribution is 5.95. The van der Waals surface area contributed by atoms with Crippen LogP contribution in [0.25, 0.3) is 16.7 Å². The first kappa shape index (κ1) is 19.4. The molecular formula is C22H20N4O4. The van der Waals surface area contributed by atoms with Crippen LogP contribution in [-0.4, -0.2) is 33.4 Å². The van der Waals surface area contributed by atoms with Crippen LogP contribution >= 0.6 is 0 Å². The van der Waals surface area contributed by atoms with Gasteiger partial charge in [-0.05, 0) is 44.2 Å². The van der Waals surface area contributed by atoms with Gasteiger partial charge in [0.15, 0.2) is 5.58 Å². The SMILES string of the molecule is CCOC(=O)c1cnn(-c2cccc(NC(=O)Cc3noc4ccccc34)c2)c1C. The molecule has 0 aliphatic carbocycles. The number of hydrogen-bond donors (Lipinski definition) is 1. The normalized spacial score (nSPS) is 10.9. The summed E-state index contributed by atoms with van der Waals surface area (Å²) in [5.74, 6) is -0.624. The standard InChI is InChI=1S/C22H20N4O4/c1-3-29-22(28)18-13-23-26(14(18)2)16-8-6-7-15(11-16)24-21(27)12-19-17-9-4-5-10-20(17)30-25-19/h4-11,13H,3,12H2,1-2H3,(H,24,27). The molecule has 0 saturated carbocycles. The van der Waals surface area contributed by atoms with Gasteiger partial charge in [0.1, 0.15) is 11.3 Å². The molecule has 2 heterocycles. The number of nitrogens with zero attached hydrogens (tertiary/aromatic N) is 3. The lowest BCUT2D eigenvalue weighted by Gasteiger charge is -2.09. The fourth-order valence-corrected chi connectivity index (χ4v) is 3.22. The zero-order chi connectivity index (χ0) is 21.1. The monoisotopic (exact) mass is 404 g/mol. The Morgan fingerprint density at radius 2 is 2.00 bits per heavy atom. The zero-order valence-electron chi connectivity index (χ0n) is 16.6. The molecule has 1 N–H and O–H groups in total. The van der Waals surface area contributed by atoms with Crippen LogP contribution in [0.15, 0.2) is 59.3 Å². The summed E-state index contributed by atoms with van der Waals surface area (Å²) in [6.45, 7) is 3.84. The number of rotatable bonds is 6. The van der Waals surface area contributed by atoms with Gasteiger partial charge >= 0.3 is 5.97 Å². The van der Waals surface area contributed by atoms with Crippen molar-refractivity contribution in [1.29, 1.82) is 0 Å². The average molecular weight is 404 g/mol. The van der Waals surface area contributed by atoms with Gasteiger partial charge in [0.05, 0.1) is 30.6 Å². The first-order valence-corrected chi connectivity index (χ1v) is 9.52. The molecule has 4 aromatic rings. The van der Waals surface area contributed by atoms with Crippen LogP contribution in [0.5, 0.6) is 0 Å². The molecule has 8 heteroatoms. The Morgan fingerprint density at radius 1 is 1.17 bits per heavy atom. The summed E-state index contributed by atoms with van der Waals surface area (Å²) in [7, 11) is 0. The zero-order valence-corrected chi connectivity index (χ0v) is 16.6. The molecule has 2 aromatic carbocycles. The van der Waals surface area contributed by atoms with Gasteiger partial charge < -0.3 is 14.6 Å². The third-order valence-corrected chi connectivity index (χ3v) is 4.66. The Morgan fingerprint density at radius 3 is 2.83 bits per heavy atom. The van der Waals surface area contributed by atoms with Crippen molar-refractivity contribution < 1.29 is 18.8 Å². The molecule has 2 aromatic heterocycles. The molecule has 0 radical (unpaired) electrons. The number of nitrogens with one attached hydrogen (secondary N) is 1. The third kappa shape index (κ3) is 3.80. The maximum Gasteiger partial charge on any atom is 0.341 e. The minimum atomic E-state index is -0.412. The maximum atomic E-state index is 12.5. The second-order valence-corrected chi connectivity index (χ2v) is 6.68. The molecule has 0 saturated heterocycles. The molecule has 152 valence electrons. The number of anilines is 1. The highest BCUT2D eigenvalue weighted by Crippen LogP contribution is 2.21. The molecule has 0 aliphatic heterocycles. The largest absolute Gasteiger partial charge is 0.462 e. The number of esters is 1. The van der Waals surface area contributed by atoms with E-state index in [4.69, 9.17) is 9.26 Å². The van der Waals surface area contributed by atoms with Gasteiger partial charge in [-0.25, -0.2) is 9.48 Å². The van der Waals surface area contributed by atoms with Crippen LogP contribution in [0.1, 0.15) is 28.7 Å². The van der Waals surface area contributed by atoms with Crippen LogP contribution in [0.2, 0.25) is 0 Å². The Bertz CT molecular complexity index is 1220. The molecule has 0 fully saturated rings. The van der Waals surface area contributed by atoms with E-state index in [-0.39, 0.29) is 12.3 Å². The quantitative estimate of drug-likeness (QED) is 0.492. The molecule has 0 unspecified atom stereocenters. The van der Waals surface area contributed by atoms with Crippen molar-refractivity contribution in [3.8, 4) is 5.69 Å². The van der Waals surface area contributed by atoms with E-state index >= 15 is 0 Å². The van der Waals surface area contributed by atoms with Gasteiger partial charge in [-0.3, -0.25) is 4.79 Å². The summed E-state index contributed by atoms with van der Waals surface area (Å²) in [5, 5.41) is 12.0. The van der Waals surface area contributed by atoms with Crippen LogP contribution in [0, 0.1) is 6.92 Å². The minimum Gasteiger partial charge on any atom is -0.462 e. The molecule has 8 nitrogen and oxygen atoms in total. The molecule has 0 atom stereocenters. The third-order valence-electron chi connectivity index (χ3n) is 4.66. The summed E-state index contributed by atoms with van der Waals surface area (Å²) < 4.78 is 11.9. The Kier molecular flexibility index (Phi) is 5.30. The van der Waals surface area contributed by atoms with Gasteiger partial charge in [0.2, 0.25) is 5.91 Å². The van der Waals surface area contributed by atoms with E-state index in [9.17, 15) is 9.59 Å². The van der Waals surface area contributed by atoms with Gasteiger partial charge in [0, 0.05) is 11.1 Å². The predicted molar refractivity (Wildman–Crippen MR) is 111 cm³/mol. The highest BCUT2D eigenvalue weighted by atomic mass is 16.5. The van der Waals surface area contributed by atoms with Crippen molar-refractivity contribution >= 4 is 28.5 Å². The second kappa shape index (κ2) is 8.20. The summed E-state index contributed by atoms with van der Waals surface area (Å²) in [6, 6.07) is 14.6. The molecule has 30 heavy (non-hydrogen) atoms. The molecule has 0 spiro atoms. The van der Waals surface area contributed by atoms with Crippen molar-refractivity contribution in [3.63, 3.8) is 0 Å². The first-order chi connectivity index (χ1) is 14.6. The van der Waals surface area contributed by atoms with Crippen LogP contribution in [0.3, 0.4) is 0 Å². The highest BCUT2D eigenvalue weighted by Gasteiger charge is 2.17. The lowest BCUT2D eigenvalue weighted by atomic mass is 10.1. The fraction of sp³-hybridized carbons (Fsp3) is 0.182. The molecule has 1 amide bonds. The lowest BCUT2D eigenvalue weighted by molar-refractivity contribution is -0.115. The predicted octanol–water partition coefficient (Wildman–Crippen LogP) is 3.68.